The van der Waals surface area contributed by atoms with E-state index in [1.807, 2.05) is 38.1 Å². The van der Waals surface area contributed by atoms with E-state index in [0.717, 1.165) is 21.5 Å². The molecule has 4 aromatic carbocycles. The Bertz CT molecular complexity index is 2060. The number of rotatable bonds is 7. The van der Waals surface area contributed by atoms with Crippen molar-refractivity contribution in [2.45, 2.75) is 23.1 Å². The minimum atomic E-state index is -0.448. The van der Waals surface area contributed by atoms with Crippen molar-refractivity contribution >= 4 is 96.8 Å². The van der Waals surface area contributed by atoms with Gasteiger partial charge in [0.1, 0.15) is 0 Å². The summed E-state index contributed by atoms with van der Waals surface area (Å²) in [4.78, 5) is 46.8. The number of nitro benzene ring substituents is 1. The standard InChI is InChI=1S/C32H22ClN5O4S3/c1-17-11-18(2)13-23(12-17)35-31-37-30(40)28(43-31)15-19-3-10-26(25(14-19)38(41)42)44-32-36-24-9-8-22(16-27(24)45-32)34-29(39)20-4-6-21(33)7-5-20/h3-16H,1-2H3,(H,34,39)(H,35,37,40)/b28-15-. The highest BCUT2D eigenvalue weighted by Gasteiger charge is 2.25. The summed E-state index contributed by atoms with van der Waals surface area (Å²) in [6.45, 7) is 3.96. The largest absolute Gasteiger partial charge is 0.322 e. The molecule has 2 amide bonds. The van der Waals surface area contributed by atoms with Crippen molar-refractivity contribution in [3.63, 3.8) is 0 Å². The Morgan fingerprint density at radius 3 is 2.53 bits per heavy atom. The first-order valence-corrected chi connectivity index (χ1v) is 16.2. The van der Waals surface area contributed by atoms with E-state index >= 15 is 0 Å². The van der Waals surface area contributed by atoms with Crippen molar-refractivity contribution < 1.29 is 14.5 Å². The first-order chi connectivity index (χ1) is 21.6. The van der Waals surface area contributed by atoms with E-state index in [-0.39, 0.29) is 17.5 Å². The van der Waals surface area contributed by atoms with E-state index in [9.17, 15) is 19.7 Å². The van der Waals surface area contributed by atoms with Crippen LogP contribution in [0.25, 0.3) is 16.3 Å². The number of nitrogens with one attached hydrogen (secondary N) is 2. The van der Waals surface area contributed by atoms with E-state index in [1.165, 1.54) is 40.9 Å². The number of fused-ring (bicyclic) bond motifs is 1. The highest BCUT2D eigenvalue weighted by Crippen LogP contribution is 2.40. The molecule has 0 bridgehead atoms. The number of thiazole rings is 1. The molecule has 224 valence electrons. The Morgan fingerprint density at radius 2 is 1.80 bits per heavy atom. The first kappa shape index (κ1) is 30.5. The third kappa shape index (κ3) is 7.26. The lowest BCUT2D eigenvalue weighted by atomic mass is 10.1. The lowest BCUT2D eigenvalue weighted by molar-refractivity contribution is -0.387. The number of benzene rings is 4. The summed E-state index contributed by atoms with van der Waals surface area (Å²) in [5, 5.41) is 18.7. The number of nitrogens with zero attached hydrogens (tertiary/aromatic N) is 3. The Balaban J connectivity index is 1.19. The summed E-state index contributed by atoms with van der Waals surface area (Å²) in [5.41, 5.74) is 5.07. The number of hydrogen-bond donors (Lipinski definition) is 2. The normalized spacial score (nSPS) is 14.7. The monoisotopic (exact) mass is 671 g/mol. The zero-order valence-corrected chi connectivity index (χ0v) is 26.9. The van der Waals surface area contributed by atoms with Crippen molar-refractivity contribution in [3.8, 4) is 0 Å². The molecule has 1 aliphatic rings. The van der Waals surface area contributed by atoms with Gasteiger partial charge in [0, 0.05) is 22.3 Å². The average molecular weight is 672 g/mol. The fourth-order valence-corrected chi connectivity index (χ4v) is 7.66. The van der Waals surface area contributed by atoms with Crippen LogP contribution in [0.2, 0.25) is 5.02 Å². The molecule has 9 nitrogen and oxygen atoms in total. The molecule has 2 heterocycles. The number of nitro groups is 1. The second-order valence-corrected chi connectivity index (χ2v) is 13.8. The summed E-state index contributed by atoms with van der Waals surface area (Å²) in [6, 6.07) is 22.7. The Morgan fingerprint density at radius 1 is 1.04 bits per heavy atom. The van der Waals surface area contributed by atoms with Gasteiger partial charge in [0.05, 0.1) is 30.6 Å². The van der Waals surface area contributed by atoms with Crippen LogP contribution >= 0.6 is 46.5 Å². The molecule has 1 fully saturated rings. The molecule has 0 spiro atoms. The number of halogens is 1. The van der Waals surface area contributed by atoms with Gasteiger partial charge in [-0.05, 0) is 109 Å². The molecule has 0 atom stereocenters. The number of hydrogen-bond acceptors (Lipinski definition) is 9. The fraction of sp³-hybridized carbons (Fsp3) is 0.0625. The van der Waals surface area contributed by atoms with Crippen LogP contribution in [0.1, 0.15) is 27.0 Å². The van der Waals surface area contributed by atoms with E-state index < -0.39 is 4.92 Å². The van der Waals surface area contributed by atoms with Crippen molar-refractivity contribution in [1.29, 1.82) is 0 Å². The third-order valence-electron chi connectivity index (χ3n) is 6.50. The summed E-state index contributed by atoms with van der Waals surface area (Å²) in [7, 11) is 0. The van der Waals surface area contributed by atoms with Crippen LogP contribution < -0.4 is 10.6 Å². The van der Waals surface area contributed by atoms with Crippen LogP contribution in [0.15, 0.2) is 98.0 Å². The maximum atomic E-state index is 12.6. The first-order valence-electron chi connectivity index (χ1n) is 13.4. The second kappa shape index (κ2) is 12.9. The highest BCUT2D eigenvalue weighted by atomic mass is 35.5. The van der Waals surface area contributed by atoms with Gasteiger partial charge in [0.2, 0.25) is 0 Å². The molecule has 45 heavy (non-hydrogen) atoms. The fourth-order valence-electron chi connectivity index (χ4n) is 4.54. The molecule has 5 aromatic rings. The van der Waals surface area contributed by atoms with Gasteiger partial charge in [-0.15, -0.1) is 11.3 Å². The van der Waals surface area contributed by atoms with Crippen LogP contribution in [-0.2, 0) is 4.79 Å². The highest BCUT2D eigenvalue weighted by molar-refractivity contribution is 8.18. The number of carbonyl (C=O) groups is 2. The van der Waals surface area contributed by atoms with Gasteiger partial charge in [-0.2, -0.15) is 0 Å². The number of aryl methyl sites for hydroxylation is 2. The number of thioether (sulfide) groups is 1. The summed E-state index contributed by atoms with van der Waals surface area (Å²) < 4.78 is 1.43. The minimum Gasteiger partial charge on any atom is -0.322 e. The Hall–Kier alpha value is -4.49. The molecule has 0 saturated carbocycles. The molecular formula is C32H22ClN5O4S3. The Labute approximate surface area is 275 Å². The average Bonchev–Trinajstić information content (AvgIpc) is 3.54. The number of amides is 2. The smallest absolute Gasteiger partial charge is 0.283 e. The van der Waals surface area contributed by atoms with E-state index in [1.54, 1.807) is 54.6 Å². The summed E-state index contributed by atoms with van der Waals surface area (Å²) >= 11 is 9.64. The van der Waals surface area contributed by atoms with Gasteiger partial charge < -0.3 is 10.6 Å². The number of aromatic nitrogens is 1. The van der Waals surface area contributed by atoms with Gasteiger partial charge in [-0.25, -0.2) is 9.98 Å². The van der Waals surface area contributed by atoms with Crippen LogP contribution in [0, 0.1) is 24.0 Å². The maximum Gasteiger partial charge on any atom is 0.283 e. The second-order valence-electron chi connectivity index (χ2n) is 10.0. The number of carbonyl (C=O) groups excluding carboxylic acids is 2. The number of anilines is 1. The molecule has 6 rings (SSSR count). The van der Waals surface area contributed by atoms with E-state index in [0.29, 0.717) is 46.7 Å². The molecule has 0 aliphatic carbocycles. The molecule has 0 unspecified atom stereocenters. The number of aliphatic imine (C=N–C) groups is 1. The lowest BCUT2D eigenvalue weighted by Gasteiger charge is -2.05. The molecule has 13 heteroatoms. The predicted octanol–water partition coefficient (Wildman–Crippen LogP) is 8.77. The van der Waals surface area contributed by atoms with Crippen molar-refractivity contribution in [2.75, 3.05) is 5.32 Å². The molecule has 2 N–H and O–H groups in total. The molecule has 0 radical (unpaired) electrons. The SMILES string of the molecule is Cc1cc(C)cc(N=C2NC(=O)/C(=C/c3ccc(Sc4nc5ccc(NC(=O)c6ccc(Cl)cc6)cc5s4)c([N+](=O)[O-])c3)S2)c1. The van der Waals surface area contributed by atoms with Crippen molar-refractivity contribution in [2.24, 2.45) is 4.99 Å². The van der Waals surface area contributed by atoms with Crippen LogP contribution in [-0.4, -0.2) is 26.9 Å². The van der Waals surface area contributed by atoms with Gasteiger partial charge in [-0.1, -0.05) is 35.5 Å². The van der Waals surface area contributed by atoms with Crippen LogP contribution in [0.3, 0.4) is 0 Å². The van der Waals surface area contributed by atoms with Crippen molar-refractivity contribution in [3.05, 3.63) is 121 Å². The zero-order chi connectivity index (χ0) is 31.7. The van der Waals surface area contributed by atoms with E-state index in [2.05, 4.69) is 20.6 Å². The molecule has 1 aromatic heterocycles. The number of amidine groups is 1. The molecule has 1 saturated heterocycles. The zero-order valence-electron chi connectivity index (χ0n) is 23.7. The quantitative estimate of drug-likeness (QED) is 0.101. The summed E-state index contributed by atoms with van der Waals surface area (Å²) in [5.74, 6) is -0.586. The lowest BCUT2D eigenvalue weighted by Crippen LogP contribution is -2.19. The molecular weight excluding hydrogens is 650 g/mol. The van der Waals surface area contributed by atoms with Crippen molar-refractivity contribution in [1.82, 2.24) is 10.3 Å². The summed E-state index contributed by atoms with van der Waals surface area (Å²) in [6.07, 6.45) is 1.61. The van der Waals surface area contributed by atoms with Gasteiger partial charge >= 0.3 is 0 Å². The van der Waals surface area contributed by atoms with Gasteiger partial charge in [0.15, 0.2) is 9.51 Å². The van der Waals surface area contributed by atoms with Crippen LogP contribution in [0.4, 0.5) is 17.1 Å². The topological polar surface area (TPSA) is 127 Å². The van der Waals surface area contributed by atoms with Crippen LogP contribution in [0.5, 0.6) is 0 Å². The maximum absolute atomic E-state index is 12.6. The van der Waals surface area contributed by atoms with Gasteiger partial charge in [0.25, 0.3) is 17.5 Å². The Kier molecular flexibility index (Phi) is 8.72. The molecule has 1 aliphatic heterocycles. The third-order valence-corrected chi connectivity index (χ3v) is 9.80. The van der Waals surface area contributed by atoms with Gasteiger partial charge in [-0.3, -0.25) is 19.7 Å². The minimum absolute atomic E-state index is 0.0999. The van der Waals surface area contributed by atoms with E-state index in [4.69, 9.17) is 11.6 Å². The predicted molar refractivity (Wildman–Crippen MR) is 183 cm³/mol.